The zero-order valence-corrected chi connectivity index (χ0v) is 9.31. The summed E-state index contributed by atoms with van der Waals surface area (Å²) >= 11 is 0. The molecule has 78 valence electrons. The van der Waals surface area contributed by atoms with Crippen molar-refractivity contribution in [3.63, 3.8) is 0 Å². The number of nitrogens with zero attached hydrogens (tertiary/aromatic N) is 3. The van der Waals surface area contributed by atoms with Crippen LogP contribution < -0.4 is 0 Å². The maximum Gasteiger partial charge on any atom is 0.0568 e. The molecule has 3 nitrogen and oxygen atoms in total. The normalized spacial score (nSPS) is 10.9. The van der Waals surface area contributed by atoms with Crippen LogP contribution in [0.1, 0.15) is 25.6 Å². The Morgan fingerprint density at radius 2 is 1.93 bits per heavy atom. The van der Waals surface area contributed by atoms with E-state index in [1.165, 1.54) is 0 Å². The van der Waals surface area contributed by atoms with Gasteiger partial charge in [-0.2, -0.15) is 5.10 Å². The molecule has 2 aromatic rings. The number of aryl methyl sites for hydroxylation is 1. The molecule has 0 bridgehead atoms. The minimum atomic E-state index is 0.400. The van der Waals surface area contributed by atoms with Gasteiger partial charge in [-0.15, -0.1) is 0 Å². The van der Waals surface area contributed by atoms with Gasteiger partial charge in [0, 0.05) is 35.3 Å². The SMILES string of the molecule is Cc1ccc(-c2cnn(C(C)C)c2)cn1. The molecule has 0 aliphatic carbocycles. The first kappa shape index (κ1) is 9.90. The van der Waals surface area contributed by atoms with Gasteiger partial charge in [0.25, 0.3) is 0 Å². The quantitative estimate of drug-likeness (QED) is 0.748. The smallest absolute Gasteiger partial charge is 0.0568 e. The Morgan fingerprint density at radius 3 is 2.47 bits per heavy atom. The predicted molar refractivity (Wildman–Crippen MR) is 60.6 cm³/mol. The Balaban J connectivity index is 2.33. The van der Waals surface area contributed by atoms with Gasteiger partial charge in [0.15, 0.2) is 0 Å². The summed E-state index contributed by atoms with van der Waals surface area (Å²) in [6, 6.07) is 4.49. The minimum absolute atomic E-state index is 0.400. The van der Waals surface area contributed by atoms with Crippen molar-refractivity contribution < 1.29 is 0 Å². The monoisotopic (exact) mass is 201 g/mol. The first-order valence-electron chi connectivity index (χ1n) is 5.14. The Labute approximate surface area is 89.8 Å². The van der Waals surface area contributed by atoms with Crippen molar-refractivity contribution in [2.75, 3.05) is 0 Å². The molecule has 0 saturated heterocycles. The fraction of sp³-hybridized carbons (Fsp3) is 0.333. The van der Waals surface area contributed by atoms with Gasteiger partial charge in [-0.1, -0.05) is 6.07 Å². The van der Waals surface area contributed by atoms with Crippen LogP contribution in [0, 0.1) is 6.92 Å². The summed E-state index contributed by atoms with van der Waals surface area (Å²) in [5.41, 5.74) is 3.28. The summed E-state index contributed by atoms with van der Waals surface area (Å²) in [6.07, 6.45) is 5.82. The molecular weight excluding hydrogens is 186 g/mol. The Kier molecular flexibility index (Phi) is 2.54. The second kappa shape index (κ2) is 3.85. The van der Waals surface area contributed by atoms with E-state index in [1.807, 2.05) is 30.1 Å². The molecular formula is C12H15N3. The third-order valence-corrected chi connectivity index (χ3v) is 2.38. The summed E-state index contributed by atoms with van der Waals surface area (Å²) in [4.78, 5) is 4.27. The van der Waals surface area contributed by atoms with Crippen LogP contribution in [-0.2, 0) is 0 Å². The number of aromatic nitrogens is 3. The van der Waals surface area contributed by atoms with Crippen LogP contribution in [0.15, 0.2) is 30.7 Å². The Morgan fingerprint density at radius 1 is 1.13 bits per heavy atom. The summed E-state index contributed by atoms with van der Waals surface area (Å²) in [7, 11) is 0. The Hall–Kier alpha value is -1.64. The van der Waals surface area contributed by atoms with E-state index in [1.54, 1.807) is 0 Å². The third kappa shape index (κ3) is 2.06. The second-order valence-electron chi connectivity index (χ2n) is 3.99. The Bertz CT molecular complexity index is 440. The average molecular weight is 201 g/mol. The summed E-state index contributed by atoms with van der Waals surface area (Å²) in [5, 5.41) is 4.30. The minimum Gasteiger partial charge on any atom is -0.270 e. The van der Waals surface area contributed by atoms with Crippen molar-refractivity contribution in [1.29, 1.82) is 0 Å². The van der Waals surface area contributed by atoms with Gasteiger partial charge in [0.05, 0.1) is 6.20 Å². The maximum atomic E-state index is 4.30. The summed E-state index contributed by atoms with van der Waals surface area (Å²) in [5.74, 6) is 0. The van der Waals surface area contributed by atoms with Crippen LogP contribution in [0.2, 0.25) is 0 Å². The van der Waals surface area contributed by atoms with E-state index in [9.17, 15) is 0 Å². The molecule has 0 radical (unpaired) electrons. The third-order valence-electron chi connectivity index (χ3n) is 2.38. The molecule has 2 heterocycles. The first-order chi connectivity index (χ1) is 7.16. The molecule has 0 fully saturated rings. The molecule has 0 aliphatic rings. The molecule has 2 aromatic heterocycles. The van der Waals surface area contributed by atoms with Crippen molar-refractivity contribution in [3.8, 4) is 11.1 Å². The van der Waals surface area contributed by atoms with Crippen LogP contribution in [0.5, 0.6) is 0 Å². The molecule has 0 aromatic carbocycles. The lowest BCUT2D eigenvalue weighted by molar-refractivity contribution is 0.532. The van der Waals surface area contributed by atoms with Crippen molar-refractivity contribution in [3.05, 3.63) is 36.4 Å². The highest BCUT2D eigenvalue weighted by molar-refractivity contribution is 5.60. The summed E-state index contributed by atoms with van der Waals surface area (Å²) < 4.78 is 1.95. The van der Waals surface area contributed by atoms with Crippen molar-refractivity contribution >= 4 is 0 Å². The van der Waals surface area contributed by atoms with E-state index in [0.717, 1.165) is 16.8 Å². The molecule has 0 N–H and O–H groups in total. The van der Waals surface area contributed by atoms with Gasteiger partial charge in [0.2, 0.25) is 0 Å². The fourth-order valence-corrected chi connectivity index (χ4v) is 1.41. The zero-order valence-electron chi connectivity index (χ0n) is 9.31. The molecule has 0 aliphatic heterocycles. The van der Waals surface area contributed by atoms with Crippen LogP contribution in [0.4, 0.5) is 0 Å². The molecule has 0 atom stereocenters. The molecule has 2 rings (SSSR count). The predicted octanol–water partition coefficient (Wildman–Crippen LogP) is 2.83. The number of pyridine rings is 1. The number of hydrogen-bond donors (Lipinski definition) is 0. The lowest BCUT2D eigenvalue weighted by atomic mass is 10.1. The van der Waals surface area contributed by atoms with Gasteiger partial charge < -0.3 is 0 Å². The van der Waals surface area contributed by atoms with Gasteiger partial charge in [-0.25, -0.2) is 0 Å². The van der Waals surface area contributed by atoms with E-state index < -0.39 is 0 Å². The van der Waals surface area contributed by atoms with Gasteiger partial charge in [-0.3, -0.25) is 9.67 Å². The lowest BCUT2D eigenvalue weighted by Crippen LogP contribution is -1.99. The molecule has 0 saturated carbocycles. The lowest BCUT2D eigenvalue weighted by Gasteiger charge is -2.03. The fourth-order valence-electron chi connectivity index (χ4n) is 1.41. The van der Waals surface area contributed by atoms with Gasteiger partial charge >= 0.3 is 0 Å². The number of hydrogen-bond acceptors (Lipinski definition) is 2. The zero-order chi connectivity index (χ0) is 10.8. The maximum absolute atomic E-state index is 4.30. The topological polar surface area (TPSA) is 30.7 Å². The van der Waals surface area contributed by atoms with E-state index in [0.29, 0.717) is 6.04 Å². The van der Waals surface area contributed by atoms with Crippen molar-refractivity contribution in [1.82, 2.24) is 14.8 Å². The van der Waals surface area contributed by atoms with Crippen molar-refractivity contribution in [2.24, 2.45) is 0 Å². The van der Waals surface area contributed by atoms with Gasteiger partial charge in [-0.05, 0) is 26.8 Å². The standard InChI is InChI=1S/C12H15N3/c1-9(2)15-8-12(7-14-15)11-5-4-10(3)13-6-11/h4-9H,1-3H3. The molecule has 3 heteroatoms. The highest BCUT2D eigenvalue weighted by Gasteiger charge is 2.03. The van der Waals surface area contributed by atoms with Crippen LogP contribution in [-0.4, -0.2) is 14.8 Å². The largest absolute Gasteiger partial charge is 0.270 e. The van der Waals surface area contributed by atoms with Crippen LogP contribution in [0.25, 0.3) is 11.1 Å². The molecule has 0 spiro atoms. The molecule has 15 heavy (non-hydrogen) atoms. The van der Waals surface area contributed by atoms with E-state index in [4.69, 9.17) is 0 Å². The second-order valence-corrected chi connectivity index (χ2v) is 3.99. The first-order valence-corrected chi connectivity index (χ1v) is 5.14. The van der Waals surface area contributed by atoms with E-state index in [2.05, 4.69) is 36.2 Å². The van der Waals surface area contributed by atoms with Gasteiger partial charge in [0.1, 0.15) is 0 Å². The molecule has 0 unspecified atom stereocenters. The average Bonchev–Trinajstić information content (AvgIpc) is 2.68. The van der Waals surface area contributed by atoms with E-state index in [-0.39, 0.29) is 0 Å². The van der Waals surface area contributed by atoms with Crippen LogP contribution >= 0.6 is 0 Å². The highest BCUT2D eigenvalue weighted by Crippen LogP contribution is 2.18. The molecule has 0 amide bonds. The van der Waals surface area contributed by atoms with Crippen molar-refractivity contribution in [2.45, 2.75) is 26.8 Å². The van der Waals surface area contributed by atoms with Crippen LogP contribution in [0.3, 0.4) is 0 Å². The summed E-state index contributed by atoms with van der Waals surface area (Å²) in [6.45, 7) is 6.22. The highest BCUT2D eigenvalue weighted by atomic mass is 15.3. The number of rotatable bonds is 2. The van der Waals surface area contributed by atoms with E-state index >= 15 is 0 Å².